The van der Waals surface area contributed by atoms with Crippen molar-refractivity contribution < 1.29 is 33.3 Å². The largest absolute Gasteiger partial charge is 0.457 e. The molecular weight excluding hydrogens is 626 g/mol. The Hall–Kier alpha value is -5.07. The van der Waals surface area contributed by atoms with E-state index in [1.54, 1.807) is 62.1 Å². The number of rotatable bonds is 12. The van der Waals surface area contributed by atoms with Gasteiger partial charge in [-0.1, -0.05) is 54.6 Å². The van der Waals surface area contributed by atoms with Gasteiger partial charge in [0.05, 0.1) is 24.6 Å². The molecular formula is C37H45N5O7. The second-order valence-electron chi connectivity index (χ2n) is 12.8. The number of ether oxygens (including phenoxy) is 4. The maximum atomic E-state index is 13.5. The van der Waals surface area contributed by atoms with E-state index in [1.807, 2.05) is 42.5 Å². The normalized spacial score (nSPS) is 16.1. The lowest BCUT2D eigenvalue weighted by atomic mass is 10.1. The van der Waals surface area contributed by atoms with Gasteiger partial charge in [0.2, 0.25) is 12.2 Å². The number of hydrogen-bond donors (Lipinski definition) is 3. The van der Waals surface area contributed by atoms with E-state index < -0.39 is 18.0 Å². The van der Waals surface area contributed by atoms with Gasteiger partial charge in [0.25, 0.3) is 5.91 Å². The van der Waals surface area contributed by atoms with E-state index in [4.69, 9.17) is 18.9 Å². The fourth-order valence-electron chi connectivity index (χ4n) is 5.33. The molecule has 260 valence electrons. The Labute approximate surface area is 287 Å². The molecule has 2 aliphatic heterocycles. The molecule has 2 heterocycles. The van der Waals surface area contributed by atoms with Crippen molar-refractivity contribution in [2.45, 2.75) is 52.0 Å². The second kappa shape index (κ2) is 16.8. The summed E-state index contributed by atoms with van der Waals surface area (Å²) in [5, 5.41) is 8.41. The molecule has 0 radical (unpaired) electrons. The van der Waals surface area contributed by atoms with E-state index >= 15 is 0 Å². The van der Waals surface area contributed by atoms with Crippen molar-refractivity contribution in [3.05, 3.63) is 108 Å². The number of anilines is 2. The van der Waals surface area contributed by atoms with Crippen LogP contribution in [-0.2, 0) is 31.9 Å². The van der Waals surface area contributed by atoms with Crippen LogP contribution < -0.4 is 16.0 Å². The maximum absolute atomic E-state index is 13.5. The lowest BCUT2D eigenvalue weighted by molar-refractivity contribution is -0.0330. The van der Waals surface area contributed by atoms with Crippen molar-refractivity contribution in [2.75, 3.05) is 50.0 Å². The first-order valence-electron chi connectivity index (χ1n) is 16.5. The predicted molar refractivity (Wildman–Crippen MR) is 186 cm³/mol. The van der Waals surface area contributed by atoms with Gasteiger partial charge in [-0.05, 0) is 62.6 Å². The summed E-state index contributed by atoms with van der Waals surface area (Å²) in [5.74, 6) is -0.0851. The van der Waals surface area contributed by atoms with Crippen molar-refractivity contribution in [3.63, 3.8) is 0 Å². The molecule has 3 N–H and O–H groups in total. The van der Waals surface area contributed by atoms with E-state index in [-0.39, 0.29) is 17.8 Å². The lowest BCUT2D eigenvalue weighted by Crippen LogP contribution is -2.42. The highest BCUT2D eigenvalue weighted by molar-refractivity contribution is 6.06. The maximum Gasteiger partial charge on any atom is 0.412 e. The highest BCUT2D eigenvalue weighted by Gasteiger charge is 2.24. The van der Waals surface area contributed by atoms with Crippen molar-refractivity contribution in [3.8, 4) is 0 Å². The molecule has 0 aromatic heterocycles. The Morgan fingerprint density at radius 3 is 2.22 bits per heavy atom. The molecule has 12 nitrogen and oxygen atoms in total. The summed E-state index contributed by atoms with van der Waals surface area (Å²) >= 11 is 0. The SMILES string of the molecule is CC(C)(C)OC(=O)Nc1ccccc1NC(=O)c1ccc(CN(CCCN2CCOCC2)C(=O)NC2=COC(Cc3ccccc3)O2)cc1. The zero-order valence-corrected chi connectivity index (χ0v) is 28.3. The smallest absolute Gasteiger partial charge is 0.412 e. The molecule has 1 saturated heterocycles. The first-order chi connectivity index (χ1) is 23.6. The topological polar surface area (TPSA) is 131 Å². The van der Waals surface area contributed by atoms with E-state index in [9.17, 15) is 14.4 Å². The minimum Gasteiger partial charge on any atom is -0.457 e. The van der Waals surface area contributed by atoms with E-state index in [1.165, 1.54) is 6.26 Å². The number of benzene rings is 3. The summed E-state index contributed by atoms with van der Waals surface area (Å²) in [6.07, 6.45) is 1.62. The molecule has 1 atom stereocenters. The Morgan fingerprint density at radius 1 is 0.857 bits per heavy atom. The second-order valence-corrected chi connectivity index (χ2v) is 12.8. The third-order valence-electron chi connectivity index (χ3n) is 7.75. The molecule has 0 spiro atoms. The monoisotopic (exact) mass is 671 g/mol. The van der Waals surface area contributed by atoms with Gasteiger partial charge in [0.1, 0.15) is 11.9 Å². The third-order valence-corrected chi connectivity index (χ3v) is 7.75. The molecule has 3 aromatic carbocycles. The Kier molecular flexibility index (Phi) is 12.1. The van der Waals surface area contributed by atoms with Crippen LogP contribution in [0.15, 0.2) is 91.0 Å². The predicted octanol–water partition coefficient (Wildman–Crippen LogP) is 5.93. The summed E-state index contributed by atoms with van der Waals surface area (Å²) in [6.45, 7) is 10.2. The van der Waals surface area contributed by atoms with Crippen LogP contribution in [0.2, 0.25) is 0 Å². The van der Waals surface area contributed by atoms with Crippen LogP contribution in [0.25, 0.3) is 0 Å². The van der Waals surface area contributed by atoms with Gasteiger partial charge in [-0.2, -0.15) is 0 Å². The number of hydrogen-bond acceptors (Lipinski definition) is 8. The van der Waals surface area contributed by atoms with Gasteiger partial charge in [-0.15, -0.1) is 0 Å². The van der Waals surface area contributed by atoms with Crippen LogP contribution in [0.5, 0.6) is 0 Å². The third kappa shape index (κ3) is 11.3. The molecule has 3 aromatic rings. The van der Waals surface area contributed by atoms with E-state index in [2.05, 4.69) is 20.9 Å². The number of nitrogens with zero attached hydrogens (tertiary/aromatic N) is 2. The van der Waals surface area contributed by atoms with Crippen molar-refractivity contribution in [2.24, 2.45) is 0 Å². The average Bonchev–Trinajstić information content (AvgIpc) is 3.51. The van der Waals surface area contributed by atoms with Crippen molar-refractivity contribution >= 4 is 29.4 Å². The number of urea groups is 1. The summed E-state index contributed by atoms with van der Waals surface area (Å²) in [4.78, 5) is 43.1. The summed E-state index contributed by atoms with van der Waals surface area (Å²) < 4.78 is 22.3. The Balaban J connectivity index is 1.19. The fourth-order valence-corrected chi connectivity index (χ4v) is 5.33. The van der Waals surface area contributed by atoms with Crippen LogP contribution in [0.4, 0.5) is 21.0 Å². The molecule has 49 heavy (non-hydrogen) atoms. The molecule has 2 aliphatic rings. The lowest BCUT2D eigenvalue weighted by Gasteiger charge is -2.28. The highest BCUT2D eigenvalue weighted by atomic mass is 16.7. The molecule has 1 unspecified atom stereocenters. The molecule has 0 bridgehead atoms. The van der Waals surface area contributed by atoms with Gasteiger partial charge in [-0.3, -0.25) is 20.3 Å². The van der Waals surface area contributed by atoms with Gasteiger partial charge in [0.15, 0.2) is 0 Å². The number of para-hydroxylation sites is 2. The first-order valence-corrected chi connectivity index (χ1v) is 16.5. The minimum absolute atomic E-state index is 0.262. The highest BCUT2D eigenvalue weighted by Crippen LogP contribution is 2.23. The zero-order chi connectivity index (χ0) is 34.6. The molecule has 0 saturated carbocycles. The molecule has 12 heteroatoms. The van der Waals surface area contributed by atoms with Crippen molar-refractivity contribution in [1.82, 2.24) is 15.1 Å². The zero-order valence-electron chi connectivity index (χ0n) is 28.3. The van der Waals surface area contributed by atoms with Crippen LogP contribution in [0.3, 0.4) is 0 Å². The first kappa shape index (κ1) is 35.2. The Bertz CT molecular complexity index is 1580. The summed E-state index contributed by atoms with van der Waals surface area (Å²) in [6, 6.07) is 23.5. The number of morpholine rings is 1. The molecule has 1 fully saturated rings. The van der Waals surface area contributed by atoms with Crippen molar-refractivity contribution in [1.29, 1.82) is 0 Å². The fraction of sp³-hybridized carbons (Fsp3) is 0.378. The summed E-state index contributed by atoms with van der Waals surface area (Å²) in [7, 11) is 0. The van der Waals surface area contributed by atoms with Gasteiger partial charge < -0.3 is 29.2 Å². The standard InChI is InChI=1S/C37H45N5O7/c1-37(2,3)49-36(45)39-31-13-8-7-12-30(31)38-34(43)29-16-14-28(15-17-29)25-42(19-9-18-41-20-22-46-23-21-41)35(44)40-32-26-47-33(48-32)24-27-10-5-4-6-11-27/h4-8,10-17,26,33H,9,18-25H2,1-3H3,(H,38,43)(H,39,45)(H,40,44). The number of amides is 4. The quantitative estimate of drug-likeness (QED) is 0.216. The van der Waals surface area contributed by atoms with Crippen LogP contribution in [0, 0.1) is 0 Å². The number of carbonyl (C=O) groups excluding carboxylic acids is 3. The van der Waals surface area contributed by atoms with Gasteiger partial charge >= 0.3 is 12.1 Å². The molecule has 0 aliphatic carbocycles. The average molecular weight is 672 g/mol. The van der Waals surface area contributed by atoms with Gasteiger partial charge in [-0.25, -0.2) is 9.59 Å². The van der Waals surface area contributed by atoms with E-state index in [0.717, 1.165) is 37.2 Å². The number of carbonyl (C=O) groups is 3. The molecule has 4 amide bonds. The minimum atomic E-state index is -0.662. The van der Waals surface area contributed by atoms with Gasteiger partial charge in [0, 0.05) is 44.7 Å². The van der Waals surface area contributed by atoms with Crippen LogP contribution in [0.1, 0.15) is 48.7 Å². The summed E-state index contributed by atoms with van der Waals surface area (Å²) in [5.41, 5.74) is 2.53. The van der Waals surface area contributed by atoms with Crippen LogP contribution in [-0.4, -0.2) is 79.1 Å². The van der Waals surface area contributed by atoms with Crippen LogP contribution >= 0.6 is 0 Å². The van der Waals surface area contributed by atoms with E-state index in [0.29, 0.717) is 49.7 Å². The number of nitrogens with one attached hydrogen (secondary N) is 3. The Morgan fingerprint density at radius 2 is 1.53 bits per heavy atom. The molecule has 5 rings (SSSR count).